The van der Waals surface area contributed by atoms with Gasteiger partial charge in [-0.1, -0.05) is 29.4 Å². The molecule has 9 heteroatoms. The molecule has 0 bridgehead atoms. The van der Waals surface area contributed by atoms with Crippen molar-refractivity contribution in [2.75, 3.05) is 11.1 Å². The van der Waals surface area contributed by atoms with E-state index in [1.54, 1.807) is 36.0 Å². The lowest BCUT2D eigenvalue weighted by molar-refractivity contribution is -0.113. The summed E-state index contributed by atoms with van der Waals surface area (Å²) in [6.07, 6.45) is 0. The van der Waals surface area contributed by atoms with Crippen molar-refractivity contribution in [3.63, 3.8) is 0 Å². The van der Waals surface area contributed by atoms with Crippen molar-refractivity contribution in [2.45, 2.75) is 12.1 Å². The van der Waals surface area contributed by atoms with Crippen molar-refractivity contribution in [1.82, 2.24) is 20.0 Å². The van der Waals surface area contributed by atoms with E-state index in [2.05, 4.69) is 20.6 Å². The third-order valence-electron chi connectivity index (χ3n) is 3.07. The Morgan fingerprint density at radius 3 is 2.92 bits per heavy atom. The molecular formula is C15H14ClN5O2S. The predicted molar refractivity (Wildman–Crippen MR) is 92.0 cm³/mol. The maximum Gasteiger partial charge on any atom is 0.277 e. The van der Waals surface area contributed by atoms with Gasteiger partial charge < -0.3 is 9.73 Å². The largest absolute Gasteiger partial charge is 0.411 e. The SMILES string of the molecule is Cc1cc(NC(=O)CSc2nnc(-c3cccc(Cl)c3)o2)n(C)n1. The smallest absolute Gasteiger partial charge is 0.277 e. The average molecular weight is 364 g/mol. The molecule has 3 rings (SSSR count). The molecule has 1 amide bonds. The number of nitrogens with one attached hydrogen (secondary N) is 1. The zero-order valence-electron chi connectivity index (χ0n) is 13.0. The molecule has 7 nitrogen and oxygen atoms in total. The Hall–Kier alpha value is -2.32. The number of aryl methyl sites for hydroxylation is 2. The van der Waals surface area contributed by atoms with Crippen molar-refractivity contribution in [3.05, 3.63) is 41.0 Å². The molecule has 0 spiro atoms. The van der Waals surface area contributed by atoms with Gasteiger partial charge in [0.1, 0.15) is 5.82 Å². The number of hydrogen-bond acceptors (Lipinski definition) is 6. The van der Waals surface area contributed by atoms with Crippen LogP contribution in [0.4, 0.5) is 5.82 Å². The molecule has 1 aromatic carbocycles. The topological polar surface area (TPSA) is 85.8 Å². The zero-order chi connectivity index (χ0) is 17.1. The highest BCUT2D eigenvalue weighted by Gasteiger charge is 2.12. The van der Waals surface area contributed by atoms with Crippen LogP contribution in [0.5, 0.6) is 0 Å². The lowest BCUT2D eigenvalue weighted by Gasteiger charge is -2.03. The van der Waals surface area contributed by atoms with Crippen LogP contribution in [0.2, 0.25) is 5.02 Å². The van der Waals surface area contributed by atoms with Gasteiger partial charge in [0, 0.05) is 23.7 Å². The maximum atomic E-state index is 12.0. The number of amides is 1. The Bertz CT molecular complexity index is 876. The van der Waals surface area contributed by atoms with Gasteiger partial charge in [-0.25, -0.2) is 0 Å². The minimum Gasteiger partial charge on any atom is -0.411 e. The summed E-state index contributed by atoms with van der Waals surface area (Å²) in [6.45, 7) is 1.86. The van der Waals surface area contributed by atoms with Crippen molar-refractivity contribution in [3.8, 4) is 11.5 Å². The number of benzene rings is 1. The molecule has 24 heavy (non-hydrogen) atoms. The van der Waals surface area contributed by atoms with Gasteiger partial charge in [-0.3, -0.25) is 9.48 Å². The summed E-state index contributed by atoms with van der Waals surface area (Å²) in [5.41, 5.74) is 1.57. The van der Waals surface area contributed by atoms with Crippen molar-refractivity contribution < 1.29 is 9.21 Å². The highest BCUT2D eigenvalue weighted by atomic mass is 35.5. The fraction of sp³-hybridized carbons (Fsp3) is 0.200. The van der Waals surface area contributed by atoms with E-state index in [9.17, 15) is 4.79 Å². The van der Waals surface area contributed by atoms with E-state index in [0.717, 1.165) is 11.3 Å². The normalized spacial score (nSPS) is 10.8. The molecule has 3 aromatic rings. The Morgan fingerprint density at radius 2 is 2.21 bits per heavy atom. The molecule has 0 radical (unpaired) electrons. The second-order valence-corrected chi connectivity index (χ2v) is 6.38. The molecule has 0 aliphatic heterocycles. The van der Waals surface area contributed by atoms with Gasteiger partial charge in [0.05, 0.1) is 11.4 Å². The number of carbonyl (C=O) groups excluding carboxylic acids is 1. The first-order valence-electron chi connectivity index (χ1n) is 7.04. The third-order valence-corrected chi connectivity index (χ3v) is 4.13. The van der Waals surface area contributed by atoms with Gasteiger partial charge in [0.15, 0.2) is 0 Å². The molecule has 0 fully saturated rings. The van der Waals surface area contributed by atoms with E-state index in [1.807, 2.05) is 13.0 Å². The number of nitrogens with zero attached hydrogens (tertiary/aromatic N) is 4. The van der Waals surface area contributed by atoms with Crippen LogP contribution in [0.3, 0.4) is 0 Å². The number of carbonyl (C=O) groups is 1. The fourth-order valence-electron chi connectivity index (χ4n) is 2.04. The summed E-state index contributed by atoms with van der Waals surface area (Å²) in [4.78, 5) is 12.0. The summed E-state index contributed by atoms with van der Waals surface area (Å²) in [6, 6.07) is 8.93. The fourth-order valence-corrected chi connectivity index (χ4v) is 2.79. The molecule has 0 aliphatic carbocycles. The number of halogens is 1. The Balaban J connectivity index is 1.59. The number of thioether (sulfide) groups is 1. The zero-order valence-corrected chi connectivity index (χ0v) is 14.6. The van der Waals surface area contributed by atoms with Crippen molar-refractivity contribution in [2.24, 2.45) is 7.05 Å². The second-order valence-electron chi connectivity index (χ2n) is 5.01. The third kappa shape index (κ3) is 3.95. The molecule has 2 aromatic heterocycles. The van der Waals surface area contributed by atoms with Gasteiger partial charge in [-0.2, -0.15) is 5.10 Å². The standard InChI is InChI=1S/C15H14ClN5O2S/c1-9-6-12(21(2)20-9)17-13(22)8-24-15-19-18-14(23-15)10-4-3-5-11(16)7-10/h3-7H,8H2,1-2H3,(H,17,22). The molecule has 0 saturated carbocycles. The highest BCUT2D eigenvalue weighted by molar-refractivity contribution is 7.99. The summed E-state index contributed by atoms with van der Waals surface area (Å²) < 4.78 is 7.15. The number of rotatable bonds is 5. The van der Waals surface area contributed by atoms with Gasteiger partial charge in [0.25, 0.3) is 5.22 Å². The quantitative estimate of drug-likeness (QED) is 0.701. The van der Waals surface area contributed by atoms with Gasteiger partial charge in [-0.05, 0) is 25.1 Å². The summed E-state index contributed by atoms with van der Waals surface area (Å²) in [5, 5.41) is 15.8. The van der Waals surface area contributed by atoms with E-state index in [1.165, 1.54) is 11.8 Å². The number of hydrogen-bond donors (Lipinski definition) is 1. The van der Waals surface area contributed by atoms with E-state index >= 15 is 0 Å². The summed E-state index contributed by atoms with van der Waals surface area (Å²) in [7, 11) is 1.77. The first kappa shape index (κ1) is 16.5. The average Bonchev–Trinajstić information content (AvgIpc) is 3.12. The summed E-state index contributed by atoms with van der Waals surface area (Å²) in [5.74, 6) is 0.984. The number of anilines is 1. The highest BCUT2D eigenvalue weighted by Crippen LogP contribution is 2.25. The molecule has 0 saturated heterocycles. The predicted octanol–water partition coefficient (Wildman–Crippen LogP) is 3.16. The van der Waals surface area contributed by atoms with Gasteiger partial charge in [-0.15, -0.1) is 10.2 Å². The van der Waals surface area contributed by atoms with Crippen LogP contribution in [0, 0.1) is 6.92 Å². The van der Waals surface area contributed by atoms with E-state index in [-0.39, 0.29) is 11.7 Å². The van der Waals surface area contributed by atoms with Crippen LogP contribution in [0.15, 0.2) is 40.0 Å². The van der Waals surface area contributed by atoms with E-state index < -0.39 is 0 Å². The van der Waals surface area contributed by atoms with E-state index in [4.69, 9.17) is 16.0 Å². The minimum absolute atomic E-state index is 0.154. The second kappa shape index (κ2) is 7.06. The van der Waals surface area contributed by atoms with Crippen LogP contribution in [0.25, 0.3) is 11.5 Å². The molecule has 0 atom stereocenters. The first-order valence-corrected chi connectivity index (χ1v) is 8.40. The van der Waals surface area contributed by atoms with Crippen LogP contribution in [-0.2, 0) is 11.8 Å². The maximum absolute atomic E-state index is 12.0. The molecule has 124 valence electrons. The monoisotopic (exact) mass is 363 g/mol. The summed E-state index contributed by atoms with van der Waals surface area (Å²) >= 11 is 7.11. The lowest BCUT2D eigenvalue weighted by atomic mass is 10.2. The van der Waals surface area contributed by atoms with Crippen LogP contribution < -0.4 is 5.32 Å². The lowest BCUT2D eigenvalue weighted by Crippen LogP contribution is -2.16. The molecular weight excluding hydrogens is 350 g/mol. The van der Waals surface area contributed by atoms with Crippen LogP contribution >= 0.6 is 23.4 Å². The van der Waals surface area contributed by atoms with Crippen LogP contribution in [0.1, 0.15) is 5.69 Å². The first-order chi connectivity index (χ1) is 11.5. The molecule has 0 aliphatic rings. The molecule has 2 heterocycles. The Kier molecular flexibility index (Phi) is 4.86. The van der Waals surface area contributed by atoms with Crippen molar-refractivity contribution >= 4 is 35.1 Å². The molecule has 0 unspecified atom stereocenters. The Morgan fingerprint density at radius 1 is 1.38 bits per heavy atom. The minimum atomic E-state index is -0.175. The van der Waals surface area contributed by atoms with E-state index in [0.29, 0.717) is 22.0 Å². The van der Waals surface area contributed by atoms with Crippen LogP contribution in [-0.4, -0.2) is 31.6 Å². The Labute approximate surface area is 147 Å². The number of aromatic nitrogens is 4. The van der Waals surface area contributed by atoms with Gasteiger partial charge >= 0.3 is 0 Å². The molecule has 1 N–H and O–H groups in total. The van der Waals surface area contributed by atoms with Crippen molar-refractivity contribution in [1.29, 1.82) is 0 Å². The van der Waals surface area contributed by atoms with Gasteiger partial charge in [0.2, 0.25) is 11.8 Å².